The van der Waals surface area contributed by atoms with E-state index in [9.17, 15) is 0 Å². The van der Waals surface area contributed by atoms with Gasteiger partial charge in [0.25, 0.3) is 0 Å². The van der Waals surface area contributed by atoms with Crippen LogP contribution in [0.2, 0.25) is 0 Å². The molecule has 1 aliphatic carbocycles. The highest BCUT2D eigenvalue weighted by Crippen LogP contribution is 2.38. The van der Waals surface area contributed by atoms with Gasteiger partial charge in [0.2, 0.25) is 0 Å². The van der Waals surface area contributed by atoms with Crippen molar-refractivity contribution in [3.63, 3.8) is 0 Å². The Hall–Kier alpha value is -0.0800. The van der Waals surface area contributed by atoms with Crippen molar-refractivity contribution in [3.8, 4) is 0 Å². The molecule has 0 aromatic rings. The molecule has 2 rings (SSSR count). The van der Waals surface area contributed by atoms with Gasteiger partial charge < -0.3 is 10.1 Å². The number of hydrogen-bond acceptors (Lipinski definition) is 2. The average Bonchev–Trinajstić information content (AvgIpc) is 2.48. The summed E-state index contributed by atoms with van der Waals surface area (Å²) in [7, 11) is 0. The summed E-state index contributed by atoms with van der Waals surface area (Å²) in [6.45, 7) is 6.83. The molecule has 1 spiro atoms. The highest BCUT2D eigenvalue weighted by atomic mass is 16.5. The molecule has 2 aliphatic rings. The Morgan fingerprint density at radius 3 is 2.70 bits per heavy atom. The largest absolute Gasteiger partial charge is 0.375 e. The van der Waals surface area contributed by atoms with Gasteiger partial charge in [0.05, 0.1) is 5.60 Å². The van der Waals surface area contributed by atoms with E-state index in [1.807, 2.05) is 0 Å². The van der Waals surface area contributed by atoms with E-state index in [0.29, 0.717) is 6.04 Å². The molecule has 0 bridgehead atoms. The summed E-state index contributed by atoms with van der Waals surface area (Å²) in [5.74, 6) is 0.875. The maximum Gasteiger partial charge on any atom is 0.0697 e. The third-order valence-electron chi connectivity index (χ3n) is 5.50. The molecule has 2 fully saturated rings. The van der Waals surface area contributed by atoms with Gasteiger partial charge >= 0.3 is 0 Å². The molecule has 1 N–H and O–H groups in total. The topological polar surface area (TPSA) is 21.3 Å². The first-order valence-corrected chi connectivity index (χ1v) is 9.15. The summed E-state index contributed by atoms with van der Waals surface area (Å²) in [6, 6.07) is 0.706. The average molecular weight is 281 g/mol. The van der Waals surface area contributed by atoms with E-state index >= 15 is 0 Å². The quantitative estimate of drug-likeness (QED) is 0.732. The number of nitrogens with one attached hydrogen (secondary N) is 1. The van der Waals surface area contributed by atoms with Crippen LogP contribution in [0.3, 0.4) is 0 Å². The van der Waals surface area contributed by atoms with Crippen LogP contribution in [-0.4, -0.2) is 24.8 Å². The predicted octanol–water partition coefficient (Wildman–Crippen LogP) is 4.67. The first-order valence-electron chi connectivity index (χ1n) is 9.15. The molecule has 1 saturated carbocycles. The van der Waals surface area contributed by atoms with Crippen LogP contribution in [-0.2, 0) is 4.74 Å². The Bertz CT molecular complexity index is 255. The smallest absolute Gasteiger partial charge is 0.0697 e. The van der Waals surface area contributed by atoms with Gasteiger partial charge in [-0.25, -0.2) is 0 Å². The van der Waals surface area contributed by atoms with Crippen LogP contribution >= 0.6 is 0 Å². The van der Waals surface area contributed by atoms with Crippen LogP contribution in [0.5, 0.6) is 0 Å². The van der Waals surface area contributed by atoms with E-state index in [2.05, 4.69) is 19.2 Å². The molecule has 118 valence electrons. The Labute approximate surface area is 126 Å². The molecule has 1 aliphatic heterocycles. The van der Waals surface area contributed by atoms with E-state index in [0.717, 1.165) is 12.5 Å². The zero-order valence-corrected chi connectivity index (χ0v) is 13.8. The number of unbranched alkanes of at least 4 members (excludes halogenated alkanes) is 1. The second kappa shape index (κ2) is 8.38. The standard InChI is InChI=1S/C18H35NO/c1-3-5-9-16(4-2)15-19-17-10-13-20-18(14-17)11-7-6-8-12-18/h16-17,19H,3-15H2,1-2H3. The minimum absolute atomic E-state index is 0.249. The fraction of sp³-hybridized carbons (Fsp3) is 1.00. The molecule has 0 aromatic carbocycles. The Morgan fingerprint density at radius 2 is 2.00 bits per heavy atom. The van der Waals surface area contributed by atoms with Gasteiger partial charge in [0.1, 0.15) is 0 Å². The summed E-state index contributed by atoms with van der Waals surface area (Å²) < 4.78 is 6.19. The van der Waals surface area contributed by atoms with Crippen LogP contribution in [0.15, 0.2) is 0 Å². The molecular formula is C18H35NO. The number of hydrogen-bond donors (Lipinski definition) is 1. The normalized spacial score (nSPS) is 27.6. The third-order valence-corrected chi connectivity index (χ3v) is 5.50. The SMILES string of the molecule is CCCCC(CC)CNC1CCOC2(CCCCC2)C1. The molecule has 1 saturated heterocycles. The first-order chi connectivity index (χ1) is 9.78. The number of ether oxygens (including phenoxy) is 1. The minimum Gasteiger partial charge on any atom is -0.375 e. The highest BCUT2D eigenvalue weighted by molar-refractivity contribution is 4.92. The van der Waals surface area contributed by atoms with Gasteiger partial charge in [-0.3, -0.25) is 0 Å². The lowest BCUT2D eigenvalue weighted by atomic mass is 9.78. The zero-order valence-electron chi connectivity index (χ0n) is 13.8. The van der Waals surface area contributed by atoms with E-state index in [1.165, 1.54) is 77.2 Å². The molecule has 2 nitrogen and oxygen atoms in total. The molecule has 20 heavy (non-hydrogen) atoms. The summed E-state index contributed by atoms with van der Waals surface area (Å²) >= 11 is 0. The van der Waals surface area contributed by atoms with Crippen LogP contribution in [0.4, 0.5) is 0 Å². The molecule has 0 aromatic heterocycles. The van der Waals surface area contributed by atoms with Gasteiger partial charge in [0, 0.05) is 12.6 Å². The van der Waals surface area contributed by atoms with Crippen molar-refractivity contribution in [3.05, 3.63) is 0 Å². The van der Waals surface area contributed by atoms with Crippen molar-refractivity contribution in [1.29, 1.82) is 0 Å². The van der Waals surface area contributed by atoms with Crippen LogP contribution in [0.25, 0.3) is 0 Å². The van der Waals surface area contributed by atoms with Gasteiger partial charge in [-0.05, 0) is 44.6 Å². The van der Waals surface area contributed by atoms with Crippen molar-refractivity contribution in [2.45, 2.75) is 96.1 Å². The minimum atomic E-state index is 0.249. The fourth-order valence-corrected chi connectivity index (χ4v) is 4.02. The van der Waals surface area contributed by atoms with Crippen LogP contribution in [0.1, 0.15) is 84.5 Å². The van der Waals surface area contributed by atoms with Crippen molar-refractivity contribution in [2.24, 2.45) is 5.92 Å². The second-order valence-corrected chi connectivity index (χ2v) is 7.11. The molecule has 2 unspecified atom stereocenters. The maximum absolute atomic E-state index is 6.19. The molecule has 2 atom stereocenters. The van der Waals surface area contributed by atoms with Crippen LogP contribution in [0, 0.1) is 5.92 Å². The van der Waals surface area contributed by atoms with Gasteiger partial charge in [-0.2, -0.15) is 0 Å². The van der Waals surface area contributed by atoms with Gasteiger partial charge in [0.15, 0.2) is 0 Å². The zero-order chi connectivity index (χ0) is 14.3. The number of rotatable bonds is 7. The molecule has 0 amide bonds. The molecule has 1 heterocycles. The van der Waals surface area contributed by atoms with E-state index in [4.69, 9.17) is 4.74 Å². The summed E-state index contributed by atoms with van der Waals surface area (Å²) in [6.07, 6.45) is 14.7. The fourth-order valence-electron chi connectivity index (χ4n) is 4.02. The summed E-state index contributed by atoms with van der Waals surface area (Å²) in [5, 5.41) is 3.87. The lowest BCUT2D eigenvalue weighted by Gasteiger charge is -2.44. The van der Waals surface area contributed by atoms with Crippen molar-refractivity contribution >= 4 is 0 Å². The van der Waals surface area contributed by atoms with Crippen LogP contribution < -0.4 is 5.32 Å². The van der Waals surface area contributed by atoms with E-state index in [-0.39, 0.29) is 5.60 Å². The Kier molecular flexibility index (Phi) is 6.83. The third kappa shape index (κ3) is 4.73. The lowest BCUT2D eigenvalue weighted by Crippen LogP contribution is -2.48. The predicted molar refractivity (Wildman–Crippen MR) is 86.1 cm³/mol. The maximum atomic E-state index is 6.19. The first kappa shape index (κ1) is 16.3. The molecule has 2 heteroatoms. The summed E-state index contributed by atoms with van der Waals surface area (Å²) in [5.41, 5.74) is 0.249. The van der Waals surface area contributed by atoms with E-state index in [1.54, 1.807) is 0 Å². The van der Waals surface area contributed by atoms with Gasteiger partial charge in [-0.15, -0.1) is 0 Å². The second-order valence-electron chi connectivity index (χ2n) is 7.11. The Balaban J connectivity index is 1.74. The summed E-state index contributed by atoms with van der Waals surface area (Å²) in [4.78, 5) is 0. The monoisotopic (exact) mass is 281 g/mol. The van der Waals surface area contributed by atoms with Crippen molar-refractivity contribution in [1.82, 2.24) is 5.32 Å². The highest BCUT2D eigenvalue weighted by Gasteiger charge is 2.38. The van der Waals surface area contributed by atoms with Crippen molar-refractivity contribution < 1.29 is 4.74 Å². The molecule has 0 radical (unpaired) electrons. The lowest BCUT2D eigenvalue weighted by molar-refractivity contribution is -0.109. The van der Waals surface area contributed by atoms with Gasteiger partial charge in [-0.1, -0.05) is 52.4 Å². The van der Waals surface area contributed by atoms with E-state index < -0.39 is 0 Å². The molecular weight excluding hydrogens is 246 g/mol. The Morgan fingerprint density at radius 1 is 1.20 bits per heavy atom. The van der Waals surface area contributed by atoms with Crippen molar-refractivity contribution in [2.75, 3.05) is 13.2 Å².